The normalized spacial score (nSPS) is 11.8. The zero-order valence-corrected chi connectivity index (χ0v) is 57.9. The fourth-order valence-corrected chi connectivity index (χ4v) is 16.8. The van der Waals surface area contributed by atoms with Crippen molar-refractivity contribution in [2.45, 2.75) is 0 Å². The maximum atomic E-state index is 2.47. The van der Waals surface area contributed by atoms with Crippen LogP contribution in [0.25, 0.3) is 199 Å². The van der Waals surface area contributed by atoms with Gasteiger partial charge in [0.1, 0.15) is 0 Å². The summed E-state index contributed by atoms with van der Waals surface area (Å²) >= 11 is 0. The third-order valence-electron chi connectivity index (χ3n) is 21.9. The van der Waals surface area contributed by atoms with Gasteiger partial charge in [0.2, 0.25) is 0 Å². The van der Waals surface area contributed by atoms with E-state index in [2.05, 4.69) is 419 Å². The molecule has 0 aliphatic heterocycles. The fraction of sp³-hybridized carbons (Fsp3) is 0. The second-order valence-corrected chi connectivity index (χ2v) is 28.0. The maximum Gasteiger partial charge on any atom is 0.0547 e. The van der Waals surface area contributed by atoms with Gasteiger partial charge in [-0.05, 0) is 235 Å². The van der Waals surface area contributed by atoms with Gasteiger partial charge in [-0.25, -0.2) is 0 Å². The van der Waals surface area contributed by atoms with Crippen LogP contribution >= 0.6 is 0 Å². The molecule has 17 aromatic carbocycles. The van der Waals surface area contributed by atoms with Crippen LogP contribution in [0.5, 0.6) is 0 Å². The molecule has 4 heterocycles. The summed E-state index contributed by atoms with van der Waals surface area (Å²) in [6.45, 7) is 0. The van der Waals surface area contributed by atoms with Crippen LogP contribution in [0, 0.1) is 0 Å². The fourth-order valence-electron chi connectivity index (χ4n) is 16.8. The van der Waals surface area contributed by atoms with E-state index >= 15 is 0 Å². The van der Waals surface area contributed by atoms with Crippen molar-refractivity contribution in [2.75, 3.05) is 0 Å². The Hall–Kier alpha value is -14.1. The van der Waals surface area contributed by atoms with Gasteiger partial charge in [0.15, 0.2) is 0 Å². The first kappa shape index (κ1) is 60.7. The lowest BCUT2D eigenvalue weighted by atomic mass is 9.96. The lowest BCUT2D eigenvalue weighted by Crippen LogP contribution is -1.96. The molecule has 0 saturated heterocycles. The maximum absolute atomic E-state index is 2.47. The molecule has 21 rings (SSSR count). The van der Waals surface area contributed by atoms with Crippen LogP contribution in [0.4, 0.5) is 0 Å². The molecular formula is C102H66N4. The number of para-hydroxylation sites is 3. The Morgan fingerprint density at radius 1 is 0.104 bits per heavy atom. The zero-order valence-electron chi connectivity index (χ0n) is 57.9. The molecule has 0 spiro atoms. The third kappa shape index (κ3) is 10.2. The van der Waals surface area contributed by atoms with Crippen molar-refractivity contribution in [1.29, 1.82) is 0 Å². The van der Waals surface area contributed by atoms with Crippen molar-refractivity contribution in [2.24, 2.45) is 0 Å². The first-order valence-electron chi connectivity index (χ1n) is 36.5. The average Bonchev–Trinajstić information content (AvgIpc) is 1.58. The van der Waals surface area contributed by atoms with Gasteiger partial charge in [-0.15, -0.1) is 0 Å². The summed E-state index contributed by atoms with van der Waals surface area (Å²) in [6.07, 6.45) is 0. The van der Waals surface area contributed by atoms with Crippen LogP contribution in [0.3, 0.4) is 0 Å². The molecule has 494 valence electrons. The minimum atomic E-state index is 1.12. The summed E-state index contributed by atoms with van der Waals surface area (Å²) < 4.78 is 9.76. The van der Waals surface area contributed by atoms with Crippen LogP contribution < -0.4 is 0 Å². The smallest absolute Gasteiger partial charge is 0.0547 e. The van der Waals surface area contributed by atoms with Crippen molar-refractivity contribution in [3.8, 4) is 112 Å². The van der Waals surface area contributed by atoms with Gasteiger partial charge in [0.05, 0.1) is 44.1 Å². The Kier molecular flexibility index (Phi) is 14.2. The molecule has 0 aliphatic carbocycles. The SMILES string of the molecule is c1ccc(-c2ccc(-n3c4ccc(-c5cccc(-c6ccc7c8cc(-c9ccc%10c(c9)c9cc(-c%11ccccc%11)ccc9n%10-c9cc(-c%10ccccc%10)cc(-c%10ccccc%10)c9)ccc8n(-c8ccccc8)c7c6)c5)cc4c4cc(-c5ccc6c(c5)c5ccccc5n6-c5ccccc5)ccc43)cc2)cc1. The number of rotatable bonds is 12. The van der Waals surface area contributed by atoms with E-state index in [-0.39, 0.29) is 0 Å². The number of benzene rings is 17. The topological polar surface area (TPSA) is 19.7 Å². The molecule has 0 N–H and O–H groups in total. The number of hydrogen-bond donors (Lipinski definition) is 0. The lowest BCUT2D eigenvalue weighted by Gasteiger charge is -2.14. The molecule has 0 radical (unpaired) electrons. The zero-order chi connectivity index (χ0) is 69.8. The summed E-state index contributed by atoms with van der Waals surface area (Å²) in [7, 11) is 0. The number of hydrogen-bond acceptors (Lipinski definition) is 0. The van der Waals surface area contributed by atoms with Crippen LogP contribution in [0.1, 0.15) is 0 Å². The summed E-state index contributed by atoms with van der Waals surface area (Å²) in [5.74, 6) is 0. The highest BCUT2D eigenvalue weighted by atomic mass is 15.0. The van der Waals surface area contributed by atoms with Crippen LogP contribution in [-0.2, 0) is 0 Å². The Labute approximate surface area is 613 Å². The first-order valence-corrected chi connectivity index (χ1v) is 36.5. The Morgan fingerprint density at radius 3 is 0.755 bits per heavy atom. The van der Waals surface area contributed by atoms with E-state index in [9.17, 15) is 0 Å². The van der Waals surface area contributed by atoms with Gasteiger partial charge in [-0.3, -0.25) is 0 Å². The predicted octanol–water partition coefficient (Wildman–Crippen LogP) is 27.4. The second kappa shape index (κ2) is 24.9. The summed E-state index contributed by atoms with van der Waals surface area (Å²) in [4.78, 5) is 0. The molecular weight excluding hydrogens is 1280 g/mol. The van der Waals surface area contributed by atoms with Gasteiger partial charge in [-0.2, -0.15) is 0 Å². The molecule has 21 aromatic rings. The summed E-state index contributed by atoms with van der Waals surface area (Å²) in [5, 5.41) is 9.70. The molecule has 0 amide bonds. The highest BCUT2D eigenvalue weighted by Gasteiger charge is 2.22. The van der Waals surface area contributed by atoms with Crippen molar-refractivity contribution in [3.05, 3.63) is 400 Å². The van der Waals surface area contributed by atoms with Crippen molar-refractivity contribution in [1.82, 2.24) is 18.3 Å². The summed E-state index contributed by atoms with van der Waals surface area (Å²) in [6, 6.07) is 148. The molecule has 0 atom stereocenters. The van der Waals surface area contributed by atoms with E-state index in [1.54, 1.807) is 0 Å². The molecule has 4 aromatic heterocycles. The molecule has 0 saturated carbocycles. The summed E-state index contributed by atoms with van der Waals surface area (Å²) in [5.41, 5.74) is 32.7. The first-order chi connectivity index (χ1) is 52.5. The van der Waals surface area contributed by atoms with E-state index in [1.807, 2.05) is 0 Å². The standard InChI is InChI=1S/C102H66N4/c1-7-22-67(23-8-1)71-38-47-85(48-39-71)104-98-53-42-75(63-92(98)93-64-78(45-54-99(93)104)76-43-51-96-89(61-76)87-36-19-20-37-95(87)103(96)83-32-15-5-16-33-83)72-30-21-31-73(56-72)80-40-49-88-90-62-77(44-52-97(90)105(102(88)66-80)84-34-17-6-18-35-84)79-46-55-101-94(65-79)91-60-74(68-24-9-2-10-25-68)41-50-100(91)106(101)86-58-81(69-26-11-3-12-27-69)57-82(59-86)70-28-13-4-14-29-70/h1-66H. The number of fused-ring (bicyclic) bond motifs is 12. The Bertz CT molecular complexity index is 6950. The molecule has 106 heavy (non-hydrogen) atoms. The second-order valence-electron chi connectivity index (χ2n) is 28.0. The Morgan fingerprint density at radius 2 is 0.340 bits per heavy atom. The highest BCUT2D eigenvalue weighted by molar-refractivity contribution is 6.16. The van der Waals surface area contributed by atoms with E-state index in [0.717, 1.165) is 89.2 Å². The van der Waals surface area contributed by atoms with Gasteiger partial charge in [-0.1, -0.05) is 255 Å². The lowest BCUT2D eigenvalue weighted by molar-refractivity contribution is 1.18. The average molecular weight is 1350 g/mol. The van der Waals surface area contributed by atoms with Crippen molar-refractivity contribution in [3.63, 3.8) is 0 Å². The molecule has 0 unspecified atom stereocenters. The largest absolute Gasteiger partial charge is 0.309 e. The van der Waals surface area contributed by atoms with E-state index in [4.69, 9.17) is 0 Å². The Balaban J connectivity index is 0.679. The van der Waals surface area contributed by atoms with Gasteiger partial charge in [0.25, 0.3) is 0 Å². The quantitative estimate of drug-likeness (QED) is 0.116. The monoisotopic (exact) mass is 1350 g/mol. The molecule has 0 aliphatic rings. The van der Waals surface area contributed by atoms with Crippen molar-refractivity contribution < 1.29 is 0 Å². The highest BCUT2D eigenvalue weighted by Crippen LogP contribution is 2.45. The van der Waals surface area contributed by atoms with Crippen molar-refractivity contribution >= 4 is 87.2 Å². The van der Waals surface area contributed by atoms with E-state index < -0.39 is 0 Å². The van der Waals surface area contributed by atoms with Crippen LogP contribution in [0.15, 0.2) is 400 Å². The van der Waals surface area contributed by atoms with Gasteiger partial charge in [0, 0.05) is 65.8 Å². The minimum absolute atomic E-state index is 1.12. The predicted molar refractivity (Wildman–Crippen MR) is 447 cm³/mol. The molecule has 0 fully saturated rings. The molecule has 4 heteroatoms. The van der Waals surface area contributed by atoms with E-state index in [1.165, 1.54) is 110 Å². The van der Waals surface area contributed by atoms with Crippen LogP contribution in [-0.4, -0.2) is 18.3 Å². The molecule has 4 nitrogen and oxygen atoms in total. The van der Waals surface area contributed by atoms with E-state index in [0.29, 0.717) is 0 Å². The van der Waals surface area contributed by atoms with Gasteiger partial charge < -0.3 is 18.3 Å². The van der Waals surface area contributed by atoms with Crippen LogP contribution in [0.2, 0.25) is 0 Å². The molecule has 0 bridgehead atoms. The number of aromatic nitrogens is 4. The number of nitrogens with zero attached hydrogens (tertiary/aromatic N) is 4. The minimum Gasteiger partial charge on any atom is -0.309 e. The van der Waals surface area contributed by atoms with Gasteiger partial charge >= 0.3 is 0 Å². The third-order valence-corrected chi connectivity index (χ3v) is 21.9.